The summed E-state index contributed by atoms with van der Waals surface area (Å²) in [6, 6.07) is 11.5. The first-order valence-corrected chi connectivity index (χ1v) is 8.67. The number of aryl methyl sites for hydroxylation is 1. The van der Waals surface area contributed by atoms with E-state index in [0.717, 1.165) is 16.6 Å². The highest BCUT2D eigenvalue weighted by molar-refractivity contribution is 7.89. The lowest BCUT2D eigenvalue weighted by Crippen LogP contribution is -2.23. The zero-order chi connectivity index (χ0) is 16.6. The number of nitrogens with one attached hydrogen (secondary N) is 1. The monoisotopic (exact) mass is 329 g/mol. The third-order valence-corrected chi connectivity index (χ3v) is 4.35. The smallest absolute Gasteiger partial charge is 0.210 e. The molecule has 3 N–H and O–H groups in total. The number of aromatic nitrogens is 2. The highest BCUT2D eigenvalue weighted by Crippen LogP contribution is 2.26. The Morgan fingerprint density at radius 1 is 1.39 bits per heavy atom. The molecule has 0 saturated carbocycles. The van der Waals surface area contributed by atoms with Crippen LogP contribution >= 0.6 is 0 Å². The van der Waals surface area contributed by atoms with Crippen LogP contribution in [0.15, 0.2) is 30.3 Å². The fourth-order valence-corrected chi connectivity index (χ4v) is 2.93. The maximum Gasteiger partial charge on any atom is 0.210 e. The van der Waals surface area contributed by atoms with Gasteiger partial charge < -0.3 is 5.32 Å². The van der Waals surface area contributed by atoms with Crippen LogP contribution in [0.5, 0.6) is 0 Å². The van der Waals surface area contributed by atoms with Crippen molar-refractivity contribution >= 4 is 32.5 Å². The van der Waals surface area contributed by atoms with Gasteiger partial charge in [0.25, 0.3) is 0 Å². The zero-order valence-electron chi connectivity index (χ0n) is 12.4. The molecule has 3 rings (SSSR count). The number of hydrogen-bond acceptors (Lipinski definition) is 5. The van der Waals surface area contributed by atoms with Gasteiger partial charge in [0.1, 0.15) is 11.9 Å². The van der Waals surface area contributed by atoms with Crippen LogP contribution < -0.4 is 10.5 Å². The molecule has 3 aromatic rings. The van der Waals surface area contributed by atoms with Gasteiger partial charge in [-0.3, -0.25) is 4.40 Å². The number of rotatable bonds is 4. The highest BCUT2D eigenvalue weighted by Gasteiger charge is 2.15. The maximum atomic E-state index is 11.1. The van der Waals surface area contributed by atoms with Crippen molar-refractivity contribution in [2.75, 3.05) is 17.6 Å². The Balaban J connectivity index is 2.19. The molecule has 7 nitrogen and oxygen atoms in total. The Kier molecular flexibility index (Phi) is 3.67. The van der Waals surface area contributed by atoms with E-state index in [-0.39, 0.29) is 12.3 Å². The number of hydrogen-bond donors (Lipinski definition) is 2. The van der Waals surface area contributed by atoms with Gasteiger partial charge in [0.2, 0.25) is 10.0 Å². The molecular weight excluding hydrogens is 314 g/mol. The average molecular weight is 329 g/mol. The second kappa shape index (κ2) is 5.53. The van der Waals surface area contributed by atoms with Crippen molar-refractivity contribution in [1.82, 2.24) is 9.38 Å². The lowest BCUT2D eigenvalue weighted by atomic mass is 10.1. The van der Waals surface area contributed by atoms with Gasteiger partial charge in [-0.2, -0.15) is 5.26 Å². The van der Waals surface area contributed by atoms with Crippen molar-refractivity contribution in [3.63, 3.8) is 0 Å². The van der Waals surface area contributed by atoms with Gasteiger partial charge in [-0.1, -0.05) is 12.1 Å². The average Bonchev–Trinajstić information content (AvgIpc) is 2.85. The molecule has 0 saturated heterocycles. The van der Waals surface area contributed by atoms with E-state index < -0.39 is 10.0 Å². The summed E-state index contributed by atoms with van der Waals surface area (Å²) in [5, 5.41) is 17.5. The summed E-state index contributed by atoms with van der Waals surface area (Å²) in [4.78, 5) is 4.52. The Bertz CT molecular complexity index is 1050. The summed E-state index contributed by atoms with van der Waals surface area (Å²) in [5.41, 5.74) is 3.43. The van der Waals surface area contributed by atoms with Crippen LogP contribution in [-0.4, -0.2) is 30.1 Å². The van der Waals surface area contributed by atoms with Crippen molar-refractivity contribution in [3.8, 4) is 6.07 Å². The first-order chi connectivity index (χ1) is 10.9. The van der Waals surface area contributed by atoms with Gasteiger partial charge in [0, 0.05) is 6.54 Å². The maximum absolute atomic E-state index is 11.1. The number of nitrogens with zero attached hydrogens (tertiary/aromatic N) is 3. The van der Waals surface area contributed by atoms with Crippen LogP contribution in [-0.2, 0) is 10.0 Å². The molecule has 1 aromatic carbocycles. The van der Waals surface area contributed by atoms with Crippen LogP contribution in [0.25, 0.3) is 16.7 Å². The Morgan fingerprint density at radius 2 is 2.13 bits per heavy atom. The topological polar surface area (TPSA) is 113 Å². The molecule has 0 unspecified atom stereocenters. The molecule has 0 aliphatic heterocycles. The van der Waals surface area contributed by atoms with Crippen molar-refractivity contribution in [2.45, 2.75) is 6.92 Å². The van der Waals surface area contributed by atoms with Crippen LogP contribution in [0.4, 0.5) is 5.82 Å². The standard InChI is InChI=1S/C15H15N5O2S/c1-10-8-14(18-6-7-23(17,21)22)20-13-5-3-2-4-12(13)19-15(20)11(10)9-16/h2-5,8,18H,6-7H2,1H3,(H2,17,21,22). The number of primary sulfonamides is 1. The molecule has 0 amide bonds. The quantitative estimate of drug-likeness (QED) is 0.750. The minimum absolute atomic E-state index is 0.172. The highest BCUT2D eigenvalue weighted by atomic mass is 32.2. The molecular formula is C15H15N5O2S. The minimum atomic E-state index is -3.54. The number of imidazole rings is 1. The molecule has 0 atom stereocenters. The van der Waals surface area contributed by atoms with E-state index in [1.807, 2.05) is 41.7 Å². The van der Waals surface area contributed by atoms with Gasteiger partial charge in [0.05, 0.1) is 22.3 Å². The number of para-hydroxylation sites is 2. The normalized spacial score (nSPS) is 11.7. The molecule has 0 fully saturated rings. The van der Waals surface area contributed by atoms with E-state index in [0.29, 0.717) is 17.0 Å². The first kappa shape index (κ1) is 15.3. The summed E-state index contributed by atoms with van der Waals surface area (Å²) >= 11 is 0. The molecule has 0 spiro atoms. The second-order valence-electron chi connectivity index (χ2n) is 5.25. The molecule has 23 heavy (non-hydrogen) atoms. The number of nitrogens with two attached hydrogens (primary N) is 1. The summed E-state index contributed by atoms with van der Waals surface area (Å²) in [5.74, 6) is 0.494. The number of sulfonamides is 1. The predicted molar refractivity (Wildman–Crippen MR) is 88.6 cm³/mol. The summed E-state index contributed by atoms with van der Waals surface area (Å²) in [6.45, 7) is 1.99. The van der Waals surface area contributed by atoms with Crippen LogP contribution in [0.3, 0.4) is 0 Å². The van der Waals surface area contributed by atoms with E-state index in [9.17, 15) is 13.7 Å². The number of pyridine rings is 1. The van der Waals surface area contributed by atoms with Crippen molar-refractivity contribution in [1.29, 1.82) is 5.26 Å². The summed E-state index contributed by atoms with van der Waals surface area (Å²) in [7, 11) is -3.54. The summed E-state index contributed by atoms with van der Waals surface area (Å²) < 4.78 is 24.0. The van der Waals surface area contributed by atoms with E-state index >= 15 is 0 Å². The number of benzene rings is 1. The Labute approximate surface area is 133 Å². The van der Waals surface area contributed by atoms with Gasteiger partial charge in [0.15, 0.2) is 5.65 Å². The molecule has 2 aromatic heterocycles. The summed E-state index contributed by atoms with van der Waals surface area (Å²) in [6.07, 6.45) is 0. The number of fused-ring (bicyclic) bond motifs is 3. The molecule has 118 valence electrons. The first-order valence-electron chi connectivity index (χ1n) is 6.96. The van der Waals surface area contributed by atoms with Crippen molar-refractivity contribution in [2.24, 2.45) is 5.14 Å². The second-order valence-corrected chi connectivity index (χ2v) is 6.99. The van der Waals surface area contributed by atoms with E-state index in [4.69, 9.17) is 5.14 Å². The number of nitriles is 1. The molecule has 0 aliphatic carbocycles. The van der Waals surface area contributed by atoms with Crippen LogP contribution in [0, 0.1) is 18.3 Å². The van der Waals surface area contributed by atoms with Gasteiger partial charge >= 0.3 is 0 Å². The Morgan fingerprint density at radius 3 is 2.83 bits per heavy atom. The fourth-order valence-electron chi connectivity index (χ4n) is 2.55. The van der Waals surface area contributed by atoms with Gasteiger partial charge in [-0.15, -0.1) is 0 Å². The van der Waals surface area contributed by atoms with E-state index in [1.165, 1.54) is 0 Å². The molecule has 0 bridgehead atoms. The third kappa shape index (κ3) is 2.84. The lowest BCUT2D eigenvalue weighted by molar-refractivity contribution is 0.598. The van der Waals surface area contributed by atoms with Crippen molar-refractivity contribution in [3.05, 3.63) is 41.5 Å². The third-order valence-electron chi connectivity index (χ3n) is 3.58. The zero-order valence-corrected chi connectivity index (χ0v) is 13.3. The predicted octanol–water partition coefficient (Wildman–Crippen LogP) is 1.37. The fraction of sp³-hybridized carbons (Fsp3) is 0.200. The van der Waals surface area contributed by atoms with Gasteiger partial charge in [-0.25, -0.2) is 18.5 Å². The SMILES string of the molecule is Cc1cc(NCCS(N)(=O)=O)n2c(nc3ccccc32)c1C#N. The minimum Gasteiger partial charge on any atom is -0.370 e. The van der Waals surface area contributed by atoms with E-state index in [2.05, 4.69) is 16.4 Å². The van der Waals surface area contributed by atoms with E-state index in [1.54, 1.807) is 0 Å². The largest absolute Gasteiger partial charge is 0.370 e. The van der Waals surface area contributed by atoms with Crippen LogP contribution in [0.1, 0.15) is 11.1 Å². The number of anilines is 1. The molecule has 8 heteroatoms. The van der Waals surface area contributed by atoms with Gasteiger partial charge in [-0.05, 0) is 30.7 Å². The molecule has 2 heterocycles. The Hall–Kier alpha value is -2.63. The lowest BCUT2D eigenvalue weighted by Gasteiger charge is -2.12. The molecule has 0 radical (unpaired) electrons. The van der Waals surface area contributed by atoms with Crippen molar-refractivity contribution < 1.29 is 8.42 Å². The van der Waals surface area contributed by atoms with Crippen LogP contribution in [0.2, 0.25) is 0 Å². The molecule has 0 aliphatic rings.